The Hall–Kier alpha value is -3.84. The molecule has 0 bridgehead atoms. The molecule has 34 heavy (non-hydrogen) atoms. The Morgan fingerprint density at radius 1 is 1.03 bits per heavy atom. The van der Waals surface area contributed by atoms with E-state index in [0.717, 1.165) is 44.2 Å². The van der Waals surface area contributed by atoms with Gasteiger partial charge in [0.05, 0.1) is 18.4 Å². The lowest BCUT2D eigenvalue weighted by Gasteiger charge is -2.29. The van der Waals surface area contributed by atoms with Crippen LogP contribution in [-0.4, -0.2) is 22.8 Å². The van der Waals surface area contributed by atoms with Crippen molar-refractivity contribution in [3.05, 3.63) is 106 Å². The minimum atomic E-state index is -0.389. The molecule has 6 nitrogen and oxygen atoms in total. The van der Waals surface area contributed by atoms with Crippen LogP contribution in [0.25, 0.3) is 11.3 Å². The van der Waals surface area contributed by atoms with E-state index < -0.39 is 0 Å². The molecule has 1 aliphatic heterocycles. The number of nitrogens with one attached hydrogen (secondary N) is 2. The Bertz CT molecular complexity index is 1360. The summed E-state index contributed by atoms with van der Waals surface area (Å²) < 4.78 is 8.14. The molecule has 0 saturated carbocycles. The van der Waals surface area contributed by atoms with Crippen molar-refractivity contribution in [3.8, 4) is 17.0 Å². The van der Waals surface area contributed by atoms with Gasteiger partial charge in [-0.3, -0.25) is 4.79 Å². The summed E-state index contributed by atoms with van der Waals surface area (Å²) in [5.41, 5.74) is 4.88. The number of nitrogens with zero attached hydrogens (tertiary/aromatic N) is 2. The fraction of sp³-hybridized carbons (Fsp3) is 0.111. The molecule has 0 radical (unpaired) electrons. The van der Waals surface area contributed by atoms with Gasteiger partial charge in [-0.1, -0.05) is 46.3 Å². The molecule has 4 aromatic rings. The van der Waals surface area contributed by atoms with E-state index in [4.69, 9.17) is 9.84 Å². The van der Waals surface area contributed by atoms with Crippen molar-refractivity contribution in [3.63, 3.8) is 0 Å². The largest absolute Gasteiger partial charge is 0.497 e. The van der Waals surface area contributed by atoms with Gasteiger partial charge >= 0.3 is 0 Å². The molecule has 0 aliphatic carbocycles. The first-order valence-electron chi connectivity index (χ1n) is 10.9. The Morgan fingerprint density at radius 3 is 2.41 bits per heavy atom. The second-order valence-corrected chi connectivity index (χ2v) is 8.94. The van der Waals surface area contributed by atoms with E-state index in [-0.39, 0.29) is 11.9 Å². The number of methoxy groups -OCH3 is 1. The first-order valence-corrected chi connectivity index (χ1v) is 11.7. The summed E-state index contributed by atoms with van der Waals surface area (Å²) in [7, 11) is 1.65. The number of fused-ring (bicyclic) bond motifs is 1. The number of benzene rings is 3. The maximum Gasteiger partial charge on any atom is 0.255 e. The molecule has 1 atom stereocenters. The average Bonchev–Trinajstić information content (AvgIpc) is 3.28. The highest BCUT2D eigenvalue weighted by atomic mass is 79.9. The van der Waals surface area contributed by atoms with Crippen molar-refractivity contribution in [2.75, 3.05) is 17.7 Å². The van der Waals surface area contributed by atoms with Crippen molar-refractivity contribution in [2.45, 2.75) is 13.0 Å². The van der Waals surface area contributed by atoms with Crippen molar-refractivity contribution < 1.29 is 9.53 Å². The first-order chi connectivity index (χ1) is 16.5. The number of anilines is 2. The van der Waals surface area contributed by atoms with E-state index in [1.807, 2.05) is 96.5 Å². The molecule has 1 amide bonds. The molecule has 2 heterocycles. The van der Waals surface area contributed by atoms with E-state index >= 15 is 0 Å². The summed E-state index contributed by atoms with van der Waals surface area (Å²) in [4.78, 5) is 13.5. The van der Waals surface area contributed by atoms with Crippen molar-refractivity contribution in [1.82, 2.24) is 9.78 Å². The predicted molar refractivity (Wildman–Crippen MR) is 138 cm³/mol. The first kappa shape index (κ1) is 22.0. The molecule has 0 fully saturated rings. The summed E-state index contributed by atoms with van der Waals surface area (Å²) >= 11 is 3.51. The van der Waals surface area contributed by atoms with Gasteiger partial charge in [0.2, 0.25) is 0 Å². The fourth-order valence-electron chi connectivity index (χ4n) is 4.14. The van der Waals surface area contributed by atoms with E-state index in [1.54, 1.807) is 7.11 Å². The molecule has 170 valence electrons. The number of hydrogen-bond donors (Lipinski definition) is 2. The monoisotopic (exact) mass is 514 g/mol. The van der Waals surface area contributed by atoms with Gasteiger partial charge in [0, 0.05) is 27.5 Å². The van der Waals surface area contributed by atoms with Crippen LogP contribution < -0.4 is 15.4 Å². The highest BCUT2D eigenvalue weighted by molar-refractivity contribution is 9.10. The van der Waals surface area contributed by atoms with Gasteiger partial charge in [-0.25, -0.2) is 4.68 Å². The number of halogens is 1. The number of aromatic nitrogens is 2. The number of ether oxygens (including phenoxy) is 1. The minimum Gasteiger partial charge on any atom is -0.497 e. The maximum atomic E-state index is 13.5. The quantitative estimate of drug-likeness (QED) is 0.330. The van der Waals surface area contributed by atoms with Gasteiger partial charge in [-0.15, -0.1) is 0 Å². The Kier molecular flexibility index (Phi) is 5.94. The third-order valence-corrected chi connectivity index (χ3v) is 6.35. The molecule has 0 spiro atoms. The molecule has 1 aliphatic rings. The minimum absolute atomic E-state index is 0.170. The van der Waals surface area contributed by atoms with Crippen LogP contribution in [0.1, 0.15) is 18.5 Å². The topological polar surface area (TPSA) is 68.2 Å². The second kappa shape index (κ2) is 9.19. The fourth-order valence-corrected chi connectivity index (χ4v) is 4.41. The molecule has 1 aromatic heterocycles. The van der Waals surface area contributed by atoms with E-state index in [9.17, 15) is 4.79 Å². The zero-order valence-corrected chi connectivity index (χ0v) is 20.3. The number of carbonyl (C=O) groups excluding carboxylic acids is 1. The van der Waals surface area contributed by atoms with Gasteiger partial charge < -0.3 is 15.4 Å². The maximum absolute atomic E-state index is 13.5. The lowest BCUT2D eigenvalue weighted by molar-refractivity contribution is -0.113. The van der Waals surface area contributed by atoms with Crippen LogP contribution in [0.4, 0.5) is 11.5 Å². The third-order valence-electron chi connectivity index (χ3n) is 5.82. The number of allylic oxidation sites excluding steroid dienone is 1. The Morgan fingerprint density at radius 2 is 1.74 bits per heavy atom. The van der Waals surface area contributed by atoms with Gasteiger partial charge in [-0.2, -0.15) is 5.10 Å². The van der Waals surface area contributed by atoms with Gasteiger partial charge in [0.25, 0.3) is 5.91 Å². The number of carbonyl (C=O) groups is 1. The summed E-state index contributed by atoms with van der Waals surface area (Å²) in [5, 5.41) is 11.3. The van der Waals surface area contributed by atoms with Crippen LogP contribution in [-0.2, 0) is 4.79 Å². The number of hydrogen-bond acceptors (Lipinski definition) is 4. The van der Waals surface area contributed by atoms with E-state index in [1.165, 1.54) is 0 Å². The smallest absolute Gasteiger partial charge is 0.255 e. The molecule has 7 heteroatoms. The number of para-hydroxylation sites is 1. The summed E-state index contributed by atoms with van der Waals surface area (Å²) in [6.07, 6.45) is 0. The molecule has 5 rings (SSSR count). The van der Waals surface area contributed by atoms with E-state index in [2.05, 4.69) is 26.6 Å². The molecular weight excluding hydrogens is 492 g/mol. The van der Waals surface area contributed by atoms with Crippen LogP contribution in [0, 0.1) is 0 Å². The zero-order valence-electron chi connectivity index (χ0n) is 18.7. The Balaban J connectivity index is 1.58. The normalized spacial score (nSPS) is 14.9. The van der Waals surface area contributed by atoms with Crippen molar-refractivity contribution >= 4 is 33.3 Å². The van der Waals surface area contributed by atoms with E-state index in [0.29, 0.717) is 5.57 Å². The third kappa shape index (κ3) is 4.22. The molecule has 2 N–H and O–H groups in total. The molecular formula is C27H23BrN4O2. The molecule has 1 unspecified atom stereocenters. The molecule has 3 aromatic carbocycles. The highest BCUT2D eigenvalue weighted by Gasteiger charge is 2.33. The van der Waals surface area contributed by atoms with Crippen molar-refractivity contribution in [2.24, 2.45) is 0 Å². The summed E-state index contributed by atoms with van der Waals surface area (Å²) in [6, 6.07) is 26.8. The lowest BCUT2D eigenvalue weighted by Crippen LogP contribution is -2.31. The van der Waals surface area contributed by atoms with Gasteiger partial charge in [0.1, 0.15) is 17.6 Å². The number of amides is 1. The van der Waals surface area contributed by atoms with Crippen LogP contribution >= 0.6 is 15.9 Å². The van der Waals surface area contributed by atoms with Crippen LogP contribution in [0.2, 0.25) is 0 Å². The summed E-state index contributed by atoms with van der Waals surface area (Å²) in [5.74, 6) is 1.44. The van der Waals surface area contributed by atoms with Crippen LogP contribution in [0.5, 0.6) is 5.75 Å². The number of rotatable bonds is 5. The lowest BCUT2D eigenvalue weighted by atomic mass is 9.95. The SMILES string of the molecule is COc1ccc(-c2cc3n(n2)C(c2ccc(Br)cc2)C(C(=O)Nc2ccccc2)=C(C)N3)cc1. The van der Waals surface area contributed by atoms with Crippen molar-refractivity contribution in [1.29, 1.82) is 0 Å². The Labute approximate surface area is 206 Å². The highest BCUT2D eigenvalue weighted by Crippen LogP contribution is 2.38. The zero-order chi connectivity index (χ0) is 23.7. The van der Waals surface area contributed by atoms with Crippen LogP contribution in [0.15, 0.2) is 101 Å². The van der Waals surface area contributed by atoms with Gasteiger partial charge in [-0.05, 0) is 61.0 Å². The standard InChI is InChI=1S/C27H23BrN4O2/c1-17-25(27(33)30-21-6-4-3-5-7-21)26(19-8-12-20(28)13-9-19)32-24(29-17)16-23(31-32)18-10-14-22(34-2)15-11-18/h3-16,26,29H,1-2H3,(H,30,33). The summed E-state index contributed by atoms with van der Waals surface area (Å²) in [6.45, 7) is 1.93. The molecule has 0 saturated heterocycles. The predicted octanol–water partition coefficient (Wildman–Crippen LogP) is 6.25. The van der Waals surface area contributed by atoms with Crippen LogP contribution in [0.3, 0.4) is 0 Å². The second-order valence-electron chi connectivity index (χ2n) is 8.03. The average molecular weight is 515 g/mol. The van der Waals surface area contributed by atoms with Gasteiger partial charge in [0.15, 0.2) is 0 Å².